The van der Waals surface area contributed by atoms with Gasteiger partial charge in [0.15, 0.2) is 5.84 Å². The van der Waals surface area contributed by atoms with Crippen LogP contribution in [-0.4, -0.2) is 21.0 Å². The fourth-order valence-electron chi connectivity index (χ4n) is 4.53. The van der Waals surface area contributed by atoms with Gasteiger partial charge in [-0.2, -0.15) is 14.6 Å². The van der Waals surface area contributed by atoms with E-state index in [1.807, 2.05) is 54.6 Å². The molecule has 0 saturated heterocycles. The first-order valence-electron chi connectivity index (χ1n) is 11.6. The lowest BCUT2D eigenvalue weighted by atomic mass is 9.73. The quantitative estimate of drug-likeness (QED) is 0.124. The molecule has 0 bridgehead atoms. The van der Waals surface area contributed by atoms with Gasteiger partial charge in [-0.25, -0.2) is 5.84 Å². The summed E-state index contributed by atoms with van der Waals surface area (Å²) >= 11 is 6.67. The maximum Gasteiger partial charge on any atom is 0.216 e. The molecule has 0 atom stereocenters. The first-order valence-corrected chi connectivity index (χ1v) is 12.0. The Balaban J connectivity index is 1.71. The second kappa shape index (κ2) is 10.3. The predicted octanol–water partition coefficient (Wildman–Crippen LogP) is 5.26. The third-order valence-corrected chi connectivity index (χ3v) is 6.86. The van der Waals surface area contributed by atoms with Gasteiger partial charge in [-0.1, -0.05) is 54.4 Å². The average Bonchev–Trinajstić information content (AvgIpc) is 3.24. The highest BCUT2D eigenvalue weighted by atomic mass is 35.5. The number of nitrogens with one attached hydrogen (secondary N) is 2. The third-order valence-electron chi connectivity index (χ3n) is 6.56. The number of hydrazine groups is 1. The Kier molecular flexibility index (Phi) is 6.79. The molecular weight excluding hydrogens is 477 g/mol. The van der Waals surface area contributed by atoms with E-state index in [0.29, 0.717) is 27.7 Å². The Labute approximate surface area is 212 Å². The molecule has 5 rings (SSSR count). The Morgan fingerprint density at radius 2 is 1.92 bits per heavy atom. The highest BCUT2D eigenvalue weighted by molar-refractivity contribution is 6.32. The maximum absolute atomic E-state index is 14.5. The summed E-state index contributed by atoms with van der Waals surface area (Å²) < 4.78 is 14.5. The fraction of sp³-hybridized carbons (Fsp3) is 0.148. The number of benzene rings is 2. The highest BCUT2D eigenvalue weighted by Crippen LogP contribution is 2.46. The van der Waals surface area contributed by atoms with Crippen molar-refractivity contribution in [3.8, 4) is 0 Å². The molecule has 9 heteroatoms. The molecule has 0 spiro atoms. The molecular formula is C27H25ClFN7. The van der Waals surface area contributed by atoms with Crippen LogP contribution in [0.2, 0.25) is 5.02 Å². The van der Waals surface area contributed by atoms with E-state index >= 15 is 0 Å². The molecule has 0 amide bonds. The smallest absolute Gasteiger partial charge is 0.216 e. The number of allylic oxidation sites excluding steroid dienone is 1. The van der Waals surface area contributed by atoms with Gasteiger partial charge in [0.2, 0.25) is 5.95 Å². The molecule has 2 heterocycles. The standard InChI is InChI=1S/C27H25ClFN7/c28-22-15-32-13-12-20(22)26(17-2-1-3-17)25(19-9-10-23-21(14-19)27(29)36-35-23)18-7-4-16(5-8-18)6-11-24(33-30)34-31/h4-15,17H,1-3,30-31H2,(H,33,34)(H,35,36)/b11-6+,26-25+. The number of nitrogens with zero attached hydrogens (tertiary/aromatic N) is 3. The van der Waals surface area contributed by atoms with Crippen molar-refractivity contribution < 1.29 is 4.39 Å². The summed E-state index contributed by atoms with van der Waals surface area (Å²) in [6.07, 6.45) is 10.3. The molecule has 7 nitrogen and oxygen atoms in total. The van der Waals surface area contributed by atoms with E-state index in [2.05, 4.69) is 25.7 Å². The summed E-state index contributed by atoms with van der Waals surface area (Å²) in [6.45, 7) is 0. The number of aromatic amines is 1. The molecule has 2 aromatic heterocycles. The minimum Gasteiger partial charge on any atom is -0.321 e. The number of H-pyrrole nitrogens is 1. The summed E-state index contributed by atoms with van der Waals surface area (Å²) in [4.78, 5) is 4.18. The van der Waals surface area contributed by atoms with Gasteiger partial charge < -0.3 is 11.3 Å². The van der Waals surface area contributed by atoms with Crippen LogP contribution in [0, 0.1) is 11.9 Å². The predicted molar refractivity (Wildman–Crippen MR) is 143 cm³/mol. The highest BCUT2D eigenvalue weighted by Gasteiger charge is 2.28. The van der Waals surface area contributed by atoms with E-state index < -0.39 is 5.95 Å². The van der Waals surface area contributed by atoms with Crippen LogP contribution < -0.4 is 17.1 Å². The van der Waals surface area contributed by atoms with Crippen molar-refractivity contribution >= 4 is 45.6 Å². The maximum atomic E-state index is 14.5. The van der Waals surface area contributed by atoms with Crippen LogP contribution in [0.15, 0.2) is 72.1 Å². The van der Waals surface area contributed by atoms with Crippen molar-refractivity contribution in [3.63, 3.8) is 0 Å². The zero-order valence-corrected chi connectivity index (χ0v) is 20.1. The Morgan fingerprint density at radius 3 is 2.58 bits per heavy atom. The van der Waals surface area contributed by atoms with E-state index in [0.717, 1.165) is 52.7 Å². The topological polar surface area (TPSA) is 118 Å². The van der Waals surface area contributed by atoms with Crippen LogP contribution in [0.5, 0.6) is 0 Å². The molecule has 182 valence electrons. The number of hydrazone groups is 1. The SMILES string of the molecule is N/N=C(/C=C/c1ccc(/C(=C(\c2ccncc2Cl)C2CCC2)c2ccc3n[nH]c(F)c3c2)cc1)NN. The van der Waals surface area contributed by atoms with Crippen LogP contribution in [0.3, 0.4) is 0 Å². The van der Waals surface area contributed by atoms with E-state index in [1.54, 1.807) is 18.5 Å². The minimum atomic E-state index is -0.454. The largest absolute Gasteiger partial charge is 0.321 e. The molecule has 4 aromatic rings. The Bertz CT molecular complexity index is 1480. The monoisotopic (exact) mass is 501 g/mol. The summed E-state index contributed by atoms with van der Waals surface area (Å²) in [5.74, 6) is 10.9. The van der Waals surface area contributed by atoms with Gasteiger partial charge >= 0.3 is 0 Å². The van der Waals surface area contributed by atoms with Gasteiger partial charge in [0.1, 0.15) is 0 Å². The molecule has 1 fully saturated rings. The number of amidine groups is 1. The minimum absolute atomic E-state index is 0.336. The summed E-state index contributed by atoms with van der Waals surface area (Å²) in [5, 5.41) is 11.1. The van der Waals surface area contributed by atoms with Crippen molar-refractivity contribution in [2.24, 2.45) is 22.7 Å². The van der Waals surface area contributed by atoms with Crippen LogP contribution in [0.1, 0.15) is 41.5 Å². The van der Waals surface area contributed by atoms with E-state index in [1.165, 1.54) is 0 Å². The van der Waals surface area contributed by atoms with Crippen LogP contribution in [0.25, 0.3) is 28.1 Å². The van der Waals surface area contributed by atoms with Crippen LogP contribution in [0.4, 0.5) is 4.39 Å². The Hall–Kier alpha value is -4.01. The molecule has 1 saturated carbocycles. The van der Waals surface area contributed by atoms with E-state index in [4.69, 9.17) is 23.3 Å². The average molecular weight is 502 g/mol. The second-order valence-electron chi connectivity index (χ2n) is 8.66. The van der Waals surface area contributed by atoms with Crippen molar-refractivity contribution in [1.29, 1.82) is 0 Å². The summed E-state index contributed by atoms with van der Waals surface area (Å²) in [6, 6.07) is 15.7. The molecule has 1 aliphatic carbocycles. The summed E-state index contributed by atoms with van der Waals surface area (Å²) in [5.41, 5.74) is 8.94. The number of nitrogens with two attached hydrogens (primary N) is 2. The lowest BCUT2D eigenvalue weighted by Gasteiger charge is -2.32. The molecule has 0 unspecified atom stereocenters. The van der Waals surface area contributed by atoms with Crippen molar-refractivity contribution in [1.82, 2.24) is 20.6 Å². The van der Waals surface area contributed by atoms with Crippen molar-refractivity contribution in [3.05, 3.63) is 100 Å². The fourth-order valence-corrected chi connectivity index (χ4v) is 4.75. The van der Waals surface area contributed by atoms with Gasteiger partial charge in [0, 0.05) is 18.0 Å². The lowest BCUT2D eigenvalue weighted by Crippen LogP contribution is -2.29. The van der Waals surface area contributed by atoms with Gasteiger partial charge in [-0.3, -0.25) is 10.1 Å². The van der Waals surface area contributed by atoms with Crippen LogP contribution >= 0.6 is 11.6 Å². The number of hydrogen-bond donors (Lipinski definition) is 4. The van der Waals surface area contributed by atoms with Gasteiger partial charge in [-0.15, -0.1) is 0 Å². The first-order chi connectivity index (χ1) is 17.6. The molecule has 2 aromatic carbocycles. The van der Waals surface area contributed by atoms with Crippen molar-refractivity contribution in [2.75, 3.05) is 0 Å². The van der Waals surface area contributed by atoms with Crippen LogP contribution in [-0.2, 0) is 0 Å². The number of hydrogen-bond acceptors (Lipinski definition) is 5. The van der Waals surface area contributed by atoms with Gasteiger partial charge in [0.25, 0.3) is 0 Å². The Morgan fingerprint density at radius 1 is 1.14 bits per heavy atom. The zero-order chi connectivity index (χ0) is 25.1. The summed E-state index contributed by atoms with van der Waals surface area (Å²) in [7, 11) is 0. The second-order valence-corrected chi connectivity index (χ2v) is 9.06. The van der Waals surface area contributed by atoms with E-state index in [-0.39, 0.29) is 0 Å². The normalized spacial score (nSPS) is 15.2. The zero-order valence-electron chi connectivity index (χ0n) is 19.4. The van der Waals surface area contributed by atoms with Crippen molar-refractivity contribution in [2.45, 2.75) is 19.3 Å². The number of halogens is 2. The number of aromatic nitrogens is 3. The lowest BCUT2D eigenvalue weighted by molar-refractivity contribution is 0.401. The molecule has 6 N–H and O–H groups in total. The molecule has 0 aliphatic heterocycles. The molecule has 1 aliphatic rings. The third kappa shape index (κ3) is 4.60. The van der Waals surface area contributed by atoms with Gasteiger partial charge in [-0.05, 0) is 70.9 Å². The van der Waals surface area contributed by atoms with Gasteiger partial charge in [0.05, 0.1) is 15.9 Å². The number of rotatable bonds is 6. The molecule has 0 radical (unpaired) electrons. The number of pyridine rings is 1. The first kappa shape index (κ1) is 23.7. The number of fused-ring (bicyclic) bond motifs is 1. The van der Waals surface area contributed by atoms with E-state index in [9.17, 15) is 4.39 Å². The molecule has 36 heavy (non-hydrogen) atoms.